The number of Topliss-reactive ketones (excluding diaryl/α,β-unsaturated/α-hetero) is 1. The first-order valence-corrected chi connectivity index (χ1v) is 13.7. The minimum absolute atomic E-state index is 0.0667. The Labute approximate surface area is 232 Å². The summed E-state index contributed by atoms with van der Waals surface area (Å²) >= 11 is 0. The van der Waals surface area contributed by atoms with Crippen molar-refractivity contribution in [3.05, 3.63) is 89.0 Å². The van der Waals surface area contributed by atoms with Gasteiger partial charge >= 0.3 is 5.97 Å². The monoisotopic (exact) mass is 538 g/mol. The van der Waals surface area contributed by atoms with Gasteiger partial charge < -0.3 is 19.7 Å². The third-order valence-corrected chi connectivity index (χ3v) is 7.90. The Morgan fingerprint density at radius 3 is 2.55 bits per heavy atom. The first-order valence-electron chi connectivity index (χ1n) is 13.7. The molecule has 0 radical (unpaired) electrons. The van der Waals surface area contributed by atoms with E-state index in [1.165, 1.54) is 23.3 Å². The van der Waals surface area contributed by atoms with Gasteiger partial charge in [0.1, 0.15) is 6.10 Å². The van der Waals surface area contributed by atoms with Gasteiger partial charge in [0.15, 0.2) is 12.4 Å². The van der Waals surface area contributed by atoms with E-state index in [9.17, 15) is 19.2 Å². The molecule has 2 unspecified atom stereocenters. The Balaban J connectivity index is 0.993. The summed E-state index contributed by atoms with van der Waals surface area (Å²) in [6.07, 6.45) is 2.94. The predicted molar refractivity (Wildman–Crippen MR) is 148 cm³/mol. The smallest absolute Gasteiger partial charge is 0.338 e. The number of nitrogens with one attached hydrogen (secondary N) is 1. The van der Waals surface area contributed by atoms with Crippen LogP contribution in [0.1, 0.15) is 57.5 Å². The Morgan fingerprint density at radius 1 is 0.925 bits per heavy atom. The number of amides is 2. The van der Waals surface area contributed by atoms with E-state index in [-0.39, 0.29) is 42.2 Å². The zero-order valence-corrected chi connectivity index (χ0v) is 22.1. The summed E-state index contributed by atoms with van der Waals surface area (Å²) in [6, 6.07) is 20.1. The summed E-state index contributed by atoms with van der Waals surface area (Å²) in [6.45, 7) is 0.816. The molecule has 3 aromatic carbocycles. The molecule has 2 aliphatic heterocycles. The third-order valence-electron chi connectivity index (χ3n) is 7.90. The van der Waals surface area contributed by atoms with E-state index in [2.05, 4.69) is 17.4 Å². The lowest BCUT2D eigenvalue weighted by molar-refractivity contribution is -0.163. The maximum absolute atomic E-state index is 12.7. The van der Waals surface area contributed by atoms with Crippen LogP contribution in [-0.2, 0) is 25.5 Å². The fourth-order valence-corrected chi connectivity index (χ4v) is 5.78. The van der Waals surface area contributed by atoms with Crippen LogP contribution in [0.5, 0.6) is 0 Å². The van der Waals surface area contributed by atoms with Crippen LogP contribution >= 0.6 is 0 Å². The molecule has 1 aliphatic carbocycles. The molecule has 40 heavy (non-hydrogen) atoms. The number of rotatable bonds is 7. The van der Waals surface area contributed by atoms with Gasteiger partial charge in [0.05, 0.1) is 24.6 Å². The number of anilines is 1. The van der Waals surface area contributed by atoms with Crippen molar-refractivity contribution in [1.29, 1.82) is 0 Å². The number of carbonyl (C=O) groups is 4. The lowest BCUT2D eigenvalue weighted by Crippen LogP contribution is -2.56. The molecule has 3 aromatic rings. The second-order valence-electron chi connectivity index (χ2n) is 10.5. The topological polar surface area (TPSA) is 102 Å². The summed E-state index contributed by atoms with van der Waals surface area (Å²) in [5.41, 5.74) is 5.89. The number of piperidine rings is 1. The van der Waals surface area contributed by atoms with Crippen LogP contribution in [0.15, 0.2) is 66.7 Å². The molecule has 0 aromatic heterocycles. The van der Waals surface area contributed by atoms with Crippen molar-refractivity contribution in [2.24, 2.45) is 0 Å². The highest BCUT2D eigenvalue weighted by Crippen LogP contribution is 2.36. The zero-order chi connectivity index (χ0) is 27.6. The number of benzene rings is 3. The number of nitrogens with zero attached hydrogens (tertiary/aromatic N) is 1. The third kappa shape index (κ3) is 5.27. The molecular weight excluding hydrogens is 508 g/mol. The maximum atomic E-state index is 12.7. The van der Waals surface area contributed by atoms with Crippen LogP contribution in [0, 0.1) is 0 Å². The summed E-state index contributed by atoms with van der Waals surface area (Å²) in [4.78, 5) is 52.4. The zero-order valence-electron chi connectivity index (χ0n) is 22.1. The van der Waals surface area contributed by atoms with Crippen LogP contribution in [0.25, 0.3) is 11.1 Å². The van der Waals surface area contributed by atoms with E-state index in [1.54, 1.807) is 18.2 Å². The van der Waals surface area contributed by atoms with Gasteiger partial charge in [0.25, 0.3) is 5.91 Å². The van der Waals surface area contributed by atoms with Gasteiger partial charge in [-0.2, -0.15) is 0 Å². The predicted octanol–water partition coefficient (Wildman–Crippen LogP) is 4.41. The highest BCUT2D eigenvalue weighted by atomic mass is 16.5. The number of ketones is 1. The van der Waals surface area contributed by atoms with Crippen LogP contribution in [0.4, 0.5) is 5.69 Å². The largest absolute Gasteiger partial charge is 0.454 e. The van der Waals surface area contributed by atoms with Gasteiger partial charge in [-0.05, 0) is 78.3 Å². The molecule has 0 saturated carbocycles. The van der Waals surface area contributed by atoms with Gasteiger partial charge in [-0.25, -0.2) is 4.79 Å². The van der Waals surface area contributed by atoms with Gasteiger partial charge in [0, 0.05) is 17.8 Å². The first-order chi connectivity index (χ1) is 19.5. The molecule has 0 bridgehead atoms. The molecule has 2 saturated heterocycles. The molecule has 2 fully saturated rings. The molecule has 6 rings (SSSR count). The lowest BCUT2D eigenvalue weighted by Gasteiger charge is -2.41. The molecule has 2 atom stereocenters. The highest BCUT2D eigenvalue weighted by molar-refractivity contribution is 6.00. The van der Waals surface area contributed by atoms with Crippen molar-refractivity contribution >= 4 is 29.3 Å². The molecule has 2 amide bonds. The number of esters is 1. The fraction of sp³-hybridized carbons (Fsp3) is 0.312. The normalized spacial score (nSPS) is 19.3. The SMILES string of the molecule is O=C(CC1OCC2CCCCN2C1=O)Nc1ccc(C(=O)OCC(=O)c2ccc3c(c2)Cc2ccccc2-3)cc1. The van der Waals surface area contributed by atoms with Crippen LogP contribution in [0.2, 0.25) is 0 Å². The van der Waals surface area contributed by atoms with E-state index >= 15 is 0 Å². The van der Waals surface area contributed by atoms with Crippen molar-refractivity contribution in [1.82, 2.24) is 4.90 Å². The van der Waals surface area contributed by atoms with Crippen LogP contribution in [0.3, 0.4) is 0 Å². The van der Waals surface area contributed by atoms with Crippen molar-refractivity contribution in [3.63, 3.8) is 0 Å². The lowest BCUT2D eigenvalue weighted by atomic mass is 9.99. The molecule has 0 spiro atoms. The van der Waals surface area contributed by atoms with E-state index in [0.717, 1.165) is 43.4 Å². The quantitative estimate of drug-likeness (QED) is 0.276. The van der Waals surface area contributed by atoms with Crippen LogP contribution in [-0.4, -0.2) is 60.4 Å². The number of morpholine rings is 1. The first kappa shape index (κ1) is 26.0. The average molecular weight is 539 g/mol. The van der Waals surface area contributed by atoms with Crippen molar-refractivity contribution < 1.29 is 28.7 Å². The van der Waals surface area contributed by atoms with Gasteiger partial charge in [-0.1, -0.05) is 36.4 Å². The number of hydrogen-bond acceptors (Lipinski definition) is 6. The number of fused-ring (bicyclic) bond motifs is 4. The summed E-state index contributed by atoms with van der Waals surface area (Å²) in [7, 11) is 0. The van der Waals surface area contributed by atoms with Gasteiger partial charge in [0.2, 0.25) is 5.91 Å². The Hall–Kier alpha value is -4.30. The average Bonchev–Trinajstić information content (AvgIpc) is 3.35. The number of carbonyl (C=O) groups excluding carboxylic acids is 4. The summed E-state index contributed by atoms with van der Waals surface area (Å²) in [5, 5.41) is 2.75. The minimum atomic E-state index is -0.776. The number of hydrogen-bond donors (Lipinski definition) is 1. The van der Waals surface area contributed by atoms with E-state index in [4.69, 9.17) is 9.47 Å². The Morgan fingerprint density at radius 2 is 1.70 bits per heavy atom. The molecule has 3 aliphatic rings. The standard InChI is InChI=1S/C32H30N2O6/c35-28(22-10-13-27-23(16-22)15-21-5-1-2-7-26(21)27)19-40-32(38)20-8-11-24(12-9-20)33-30(36)17-29-31(37)34-14-4-3-6-25(34)18-39-29/h1-2,5,7-13,16,25,29H,3-4,6,14-15,17-19H2,(H,33,36). The molecule has 2 heterocycles. The summed E-state index contributed by atoms with van der Waals surface area (Å²) < 4.78 is 11.0. The molecule has 8 heteroatoms. The second-order valence-corrected chi connectivity index (χ2v) is 10.5. The summed E-state index contributed by atoms with van der Waals surface area (Å²) in [5.74, 6) is -1.36. The number of ether oxygens (including phenoxy) is 2. The van der Waals surface area contributed by atoms with Gasteiger partial charge in [-0.3, -0.25) is 14.4 Å². The molecule has 204 valence electrons. The maximum Gasteiger partial charge on any atom is 0.338 e. The van der Waals surface area contributed by atoms with Crippen molar-refractivity contribution in [3.8, 4) is 11.1 Å². The van der Waals surface area contributed by atoms with Crippen molar-refractivity contribution in [2.75, 3.05) is 25.1 Å². The minimum Gasteiger partial charge on any atom is -0.454 e. The van der Waals surface area contributed by atoms with Gasteiger partial charge in [-0.15, -0.1) is 0 Å². The van der Waals surface area contributed by atoms with Crippen LogP contribution < -0.4 is 5.32 Å². The van der Waals surface area contributed by atoms with E-state index in [1.807, 2.05) is 29.2 Å². The molecule has 8 nitrogen and oxygen atoms in total. The Kier molecular flexibility index (Phi) is 7.17. The molecular formula is C32H30N2O6. The van der Waals surface area contributed by atoms with Crippen molar-refractivity contribution in [2.45, 2.75) is 44.2 Å². The second kappa shape index (κ2) is 11.1. The molecule has 1 N–H and O–H groups in total. The van der Waals surface area contributed by atoms with E-state index in [0.29, 0.717) is 17.9 Å². The fourth-order valence-electron chi connectivity index (χ4n) is 5.78. The Bertz CT molecular complexity index is 1480. The highest BCUT2D eigenvalue weighted by Gasteiger charge is 2.38. The van der Waals surface area contributed by atoms with E-state index < -0.39 is 12.1 Å².